The normalized spacial score (nSPS) is 22.6. The van der Waals surface area contributed by atoms with Crippen LogP contribution in [0.1, 0.15) is 205 Å². The number of carboxylic acids is 1. The summed E-state index contributed by atoms with van der Waals surface area (Å²) in [6.07, 6.45) is -7.08. The van der Waals surface area contributed by atoms with Gasteiger partial charge in [-0.2, -0.15) is 52.7 Å². The molecule has 33 nitrogen and oxygen atoms in total. The summed E-state index contributed by atoms with van der Waals surface area (Å²) < 4.78 is 245. The Morgan fingerprint density at radius 1 is 0.380 bits per heavy atom. The molecule has 756 valence electrons. The topological polar surface area (TPSA) is 416 Å². The number of carbonyl (C=O) groups is 8. The Labute approximate surface area is 827 Å². The van der Waals surface area contributed by atoms with E-state index in [2.05, 4.69) is 16.0 Å². The smallest absolute Gasteiger partial charge is 1.00 e. The first-order chi connectivity index (χ1) is 65.6. The monoisotopic (exact) mass is 2150 g/mol. The Morgan fingerprint density at radius 3 is 0.880 bits per heavy atom. The summed E-state index contributed by atoms with van der Waals surface area (Å²) in [6.45, 7) is -0.568. The molecule has 52 heteroatoms. The number of nitrogens with two attached hydrogens (primary N) is 1. The number of hydrogen-bond acceptors (Lipinski definition) is 21. The second kappa shape index (κ2) is 41.8. The summed E-state index contributed by atoms with van der Waals surface area (Å²) in [5, 5.41) is 37.1. The number of benzene rings is 4. The molecule has 142 heavy (non-hydrogen) atoms. The number of aromatic hydroxyl groups is 2. The van der Waals surface area contributed by atoms with E-state index < -0.39 is 200 Å². The van der Waals surface area contributed by atoms with Crippen LogP contribution in [0, 0.1) is 23.3 Å². The van der Waals surface area contributed by atoms with E-state index in [-0.39, 0.29) is 206 Å². The number of hydrogen-bond donors (Lipinski definition) is 7. The number of aromatic carboxylic acids is 1. The molecule has 8 bridgehead atoms. The number of carboxylic acid groups (broad SMARTS) is 1. The SMILES string of the molecule is COc1c2n(cc(C(=O)NCc3ccc(F)c(C(F)(F)F)c3)c1=O)C[C@@H]1O[C@H]3CC[C@H](C3)N1C2=O.COc1c2n(cc(C(=O)O)c1=O)C[C@@H]1O[C@H]3CC[C@H](C3)N1C2=O.NCc1ccc(F)c(C(F)(F)F)c1.O=C(NCc1ccc(F)c(C(F)(F)F)c1)c1cn2c(c(O)c1=O)C(=O)N1[C@@H]3CC[C@@H](C3)O[C@H]1C2.O=C(NCc1ccc(F)c(C(F)(F)F)c1)c1cn2c(c(O)c1=O)C(=O)N1[C@@H]3CC[C@@H](C3)O[C@H]1C2.[Br-].[Br-].[Mg+2]. The van der Waals surface area contributed by atoms with Gasteiger partial charge < -0.3 is 137 Å². The van der Waals surface area contributed by atoms with Crippen molar-refractivity contribution < 1.29 is 186 Å². The molecule has 12 heterocycles. The predicted octanol–water partition coefficient (Wildman–Crippen LogP) is 3.65. The summed E-state index contributed by atoms with van der Waals surface area (Å²) in [7, 11) is 2.48. The number of pyridine rings is 4. The molecule has 0 unspecified atom stereocenters. The molecular weight excluding hydrogens is 2070 g/mol. The number of alkyl halides is 12. The molecule has 4 saturated carbocycles. The van der Waals surface area contributed by atoms with Crippen molar-refractivity contribution in [2.24, 2.45) is 5.73 Å². The second-order valence-electron chi connectivity index (χ2n) is 34.6. The molecule has 4 saturated heterocycles. The number of rotatable bonds is 13. The third-order valence-electron chi connectivity index (χ3n) is 26.1. The van der Waals surface area contributed by atoms with Crippen molar-refractivity contribution in [3.05, 3.63) is 251 Å². The molecule has 4 aromatic carbocycles. The fourth-order valence-electron chi connectivity index (χ4n) is 19.6. The fourth-order valence-corrected chi connectivity index (χ4v) is 19.6. The van der Waals surface area contributed by atoms with Gasteiger partial charge in [-0.3, -0.25) is 52.7 Å². The van der Waals surface area contributed by atoms with Gasteiger partial charge in [0.2, 0.25) is 21.7 Å². The number of fused-ring (bicyclic) bond motifs is 20. The van der Waals surface area contributed by atoms with Gasteiger partial charge in [-0.1, -0.05) is 24.3 Å². The van der Waals surface area contributed by atoms with Gasteiger partial charge in [0.1, 0.15) is 45.5 Å². The van der Waals surface area contributed by atoms with Gasteiger partial charge in [0.15, 0.2) is 70.7 Å². The van der Waals surface area contributed by atoms with Crippen LogP contribution in [-0.4, -0.2) is 211 Å². The van der Waals surface area contributed by atoms with E-state index in [9.17, 15) is 143 Å². The zero-order valence-corrected chi connectivity index (χ0v) is 78.7. The number of nitrogens with zero attached hydrogens (tertiary/aromatic N) is 8. The summed E-state index contributed by atoms with van der Waals surface area (Å²) in [6, 6.07) is 9.67. The van der Waals surface area contributed by atoms with Crippen LogP contribution >= 0.6 is 0 Å². The van der Waals surface area contributed by atoms with Crippen molar-refractivity contribution in [1.29, 1.82) is 0 Å². The molecule has 0 radical (unpaired) electrons. The Bertz CT molecular complexity index is 6430. The van der Waals surface area contributed by atoms with E-state index in [1.54, 1.807) is 9.80 Å². The molecule has 12 aliphatic rings. The Kier molecular flexibility index (Phi) is 31.6. The van der Waals surface area contributed by atoms with E-state index in [1.807, 2.05) is 0 Å². The quantitative estimate of drug-likeness (QED) is 0.0640. The number of amides is 7. The average Bonchev–Trinajstić information content (AvgIpc) is 1.22. The van der Waals surface area contributed by atoms with Crippen molar-refractivity contribution in [3.63, 3.8) is 0 Å². The van der Waals surface area contributed by atoms with E-state index in [0.29, 0.717) is 55.8 Å². The van der Waals surface area contributed by atoms with Crippen molar-refractivity contribution in [2.75, 3.05) is 14.2 Å². The predicted molar refractivity (Wildman–Crippen MR) is 449 cm³/mol. The molecule has 0 spiro atoms. The Morgan fingerprint density at radius 2 is 0.620 bits per heavy atom. The summed E-state index contributed by atoms with van der Waals surface area (Å²) >= 11 is 0. The molecule has 8 N–H and O–H groups in total. The van der Waals surface area contributed by atoms with E-state index in [1.165, 1.54) is 60.7 Å². The summed E-state index contributed by atoms with van der Waals surface area (Å²) in [5.74, 6) is -13.9. The largest absolute Gasteiger partial charge is 2.00 e. The number of halogens is 18. The minimum Gasteiger partial charge on any atom is -1.00 e. The maximum absolute atomic E-state index is 13.5. The van der Waals surface area contributed by atoms with Crippen LogP contribution in [-0.2, 0) is 96.0 Å². The van der Waals surface area contributed by atoms with Gasteiger partial charge in [0.25, 0.3) is 41.4 Å². The van der Waals surface area contributed by atoms with Gasteiger partial charge in [-0.05, 0) is 148 Å². The van der Waals surface area contributed by atoms with Gasteiger partial charge in [-0.15, -0.1) is 0 Å². The van der Waals surface area contributed by atoms with Crippen LogP contribution in [0.25, 0.3) is 0 Å². The minimum atomic E-state index is -4.91. The molecule has 8 aromatic rings. The molecule has 8 aliphatic heterocycles. The molecule has 12 atom stereocenters. The number of methoxy groups -OCH3 is 2. The first-order valence-electron chi connectivity index (χ1n) is 43.3. The molecule has 7 amide bonds. The number of nitrogens with one attached hydrogen (secondary N) is 3. The zero-order valence-electron chi connectivity index (χ0n) is 74.2. The molecule has 20 rings (SSSR count). The van der Waals surface area contributed by atoms with Gasteiger partial charge in [0.05, 0.1) is 87.1 Å². The van der Waals surface area contributed by atoms with Crippen LogP contribution in [0.15, 0.2) is 117 Å². The van der Waals surface area contributed by atoms with Crippen LogP contribution in [0.3, 0.4) is 0 Å². The maximum atomic E-state index is 13.5. The first kappa shape index (κ1) is 107. The molecule has 8 fully saturated rings. The van der Waals surface area contributed by atoms with Crippen LogP contribution in [0.4, 0.5) is 70.2 Å². The van der Waals surface area contributed by atoms with Gasteiger partial charge in [0, 0.05) is 75.1 Å². The van der Waals surface area contributed by atoms with E-state index >= 15 is 0 Å². The Balaban J connectivity index is 0.000000153. The van der Waals surface area contributed by atoms with Crippen LogP contribution < -0.4 is 86.8 Å². The standard InChI is InChI=1S/C23H21F4N3O5.2C22H19F4N3O5.C15H16N2O6.C8H7F4N.2BrH.Mg/c1-34-20-18-22(33)30-12-3-4-13(7-12)35-17(30)10-29(18)9-14(19(20)31)21(32)28-8-11-2-5-16(24)15(6-11)23(25,26)27;2*23-15-4-1-10(5-14(15)22(24,25)26)7-27-20(32)13-8-28-9-16-29(11-2-3-12(6-11)34-16)21(33)17(28)19(31)18(13)30;1-22-13-11-14(19)17-7-2-3-8(4-7)23-10(17)6-16(11)5-9(12(13)18)15(20)21;9-7-2-1-5(4-13)3-6(7)8(10,11)12;;;/h2,5-6,9,12-13,17H,3-4,7-8,10H2,1H3,(H,28,32);2*1,4-5,8,11-12,16,31H,2-3,6-7,9H2,(H,27,32);5,7-8,10H,2-4,6H2,1H3,(H,20,21);1-3H,4,13H2;2*1H;/q;;;;;;;+2/p-2/t12-,13+,17+;2*11-,12+,16+;7-,8+,10+;;;;/m1111..../s1. The molecular formula is C90H82Br2F16MgN12O21. The van der Waals surface area contributed by atoms with Crippen molar-refractivity contribution in [1.82, 2.24) is 53.8 Å². The molecule has 4 aromatic heterocycles. The summed E-state index contributed by atoms with van der Waals surface area (Å²) in [5.41, 5.74) is -6.21. The second-order valence-corrected chi connectivity index (χ2v) is 34.6. The first-order valence-corrected chi connectivity index (χ1v) is 43.3. The average molecular weight is 2160 g/mol. The fraction of sp³-hybridized carbons (Fsp3) is 0.422. The van der Waals surface area contributed by atoms with E-state index in [0.717, 1.165) is 107 Å². The van der Waals surface area contributed by atoms with Crippen LogP contribution in [0.5, 0.6) is 23.0 Å². The zero-order chi connectivity index (χ0) is 100. The third-order valence-corrected chi connectivity index (χ3v) is 26.1. The van der Waals surface area contributed by atoms with Crippen LogP contribution in [0.2, 0.25) is 0 Å². The third kappa shape index (κ3) is 21.1. The Hall–Kier alpha value is -12.0. The van der Waals surface area contributed by atoms with Crippen molar-refractivity contribution >= 4 is 70.4 Å². The minimum absolute atomic E-state index is 0. The maximum Gasteiger partial charge on any atom is 2.00 e. The van der Waals surface area contributed by atoms with Gasteiger partial charge in [-0.25, -0.2) is 22.4 Å². The van der Waals surface area contributed by atoms with Crippen molar-refractivity contribution in [3.8, 4) is 23.0 Å². The van der Waals surface area contributed by atoms with Gasteiger partial charge >= 0.3 is 53.7 Å². The number of carbonyl (C=O) groups excluding carboxylic acids is 7. The van der Waals surface area contributed by atoms with Crippen molar-refractivity contribution in [2.45, 2.75) is 228 Å². The number of aromatic nitrogens is 4. The van der Waals surface area contributed by atoms with E-state index in [4.69, 9.17) is 34.2 Å². The molecule has 4 aliphatic carbocycles. The summed E-state index contributed by atoms with van der Waals surface area (Å²) in [4.78, 5) is 159. The number of ether oxygens (including phenoxy) is 6.